The molecule has 2 rings (SSSR count). The molecule has 78 valence electrons. The molecule has 0 saturated carbocycles. The lowest BCUT2D eigenvalue weighted by molar-refractivity contribution is 0.261. The van der Waals surface area contributed by atoms with Crippen LogP contribution in [0.25, 0.3) is 0 Å². The molecule has 1 atom stereocenters. The fraction of sp³-hybridized carbons (Fsp3) is 0.364. The normalized spacial score (nSPS) is 18.3. The van der Waals surface area contributed by atoms with Gasteiger partial charge in [-0.2, -0.15) is 5.26 Å². The number of aryl methyl sites for hydroxylation is 1. The summed E-state index contributed by atoms with van der Waals surface area (Å²) >= 11 is 5.84. The van der Waals surface area contributed by atoms with E-state index >= 15 is 0 Å². The summed E-state index contributed by atoms with van der Waals surface area (Å²) in [5.41, 5.74) is 1.35. The first-order valence-corrected chi connectivity index (χ1v) is 5.03. The van der Waals surface area contributed by atoms with Crippen molar-refractivity contribution in [3.05, 3.63) is 28.3 Å². The van der Waals surface area contributed by atoms with E-state index in [0.29, 0.717) is 22.9 Å². The first-order chi connectivity index (χ1) is 7.20. The molecule has 1 saturated heterocycles. The van der Waals surface area contributed by atoms with Crippen molar-refractivity contribution in [2.24, 2.45) is 0 Å². The topological polar surface area (TPSA) is 45.5 Å². The number of nitriles is 1. The lowest BCUT2D eigenvalue weighted by Gasteiger charge is -2.09. The Hall–Kier alpha value is -1.24. The molecule has 1 aromatic carbocycles. The van der Waals surface area contributed by atoms with Gasteiger partial charge >= 0.3 is 0 Å². The highest BCUT2D eigenvalue weighted by molar-refractivity contribution is 6.30. The van der Waals surface area contributed by atoms with Crippen molar-refractivity contribution < 1.29 is 9.47 Å². The molecule has 0 amide bonds. The Morgan fingerprint density at radius 1 is 1.67 bits per heavy atom. The number of halogens is 1. The Morgan fingerprint density at radius 3 is 3.00 bits per heavy atom. The lowest BCUT2D eigenvalue weighted by atomic mass is 10.1. The van der Waals surface area contributed by atoms with Crippen molar-refractivity contribution >= 4 is 11.6 Å². The molecule has 0 spiro atoms. The van der Waals surface area contributed by atoms with Crippen molar-refractivity contribution in [1.29, 1.82) is 5.26 Å². The largest absolute Gasteiger partial charge is 0.489 e. The highest BCUT2D eigenvalue weighted by Crippen LogP contribution is 2.28. The van der Waals surface area contributed by atoms with Gasteiger partial charge in [-0.05, 0) is 24.6 Å². The van der Waals surface area contributed by atoms with Gasteiger partial charge in [-0.3, -0.25) is 0 Å². The molecule has 15 heavy (non-hydrogen) atoms. The second-order valence-electron chi connectivity index (χ2n) is 3.48. The van der Waals surface area contributed by atoms with Crippen LogP contribution in [-0.2, 0) is 4.74 Å². The van der Waals surface area contributed by atoms with Crippen molar-refractivity contribution in [1.82, 2.24) is 0 Å². The van der Waals surface area contributed by atoms with Gasteiger partial charge in [0.05, 0.1) is 12.2 Å². The summed E-state index contributed by atoms with van der Waals surface area (Å²) in [5.74, 6) is 0.609. The zero-order valence-electron chi connectivity index (χ0n) is 8.29. The van der Waals surface area contributed by atoms with Crippen LogP contribution < -0.4 is 4.74 Å². The van der Waals surface area contributed by atoms with E-state index in [1.807, 2.05) is 6.92 Å². The molecular formula is C11H10ClNO2. The second kappa shape index (κ2) is 4.09. The van der Waals surface area contributed by atoms with Gasteiger partial charge in [-0.15, -0.1) is 0 Å². The van der Waals surface area contributed by atoms with Gasteiger partial charge in [0.1, 0.15) is 24.5 Å². The van der Waals surface area contributed by atoms with Gasteiger partial charge in [0.25, 0.3) is 0 Å². The Labute approximate surface area is 93.2 Å². The van der Waals surface area contributed by atoms with Gasteiger partial charge < -0.3 is 9.47 Å². The maximum atomic E-state index is 8.93. The predicted octanol–water partition coefficient (Wildman–Crippen LogP) is 2.30. The Bertz CT molecular complexity index is 421. The first-order valence-electron chi connectivity index (χ1n) is 4.65. The van der Waals surface area contributed by atoms with E-state index < -0.39 is 0 Å². The minimum Gasteiger partial charge on any atom is -0.489 e. The summed E-state index contributed by atoms with van der Waals surface area (Å²) in [7, 11) is 0. The van der Waals surface area contributed by atoms with Crippen LogP contribution in [0.1, 0.15) is 11.1 Å². The van der Waals surface area contributed by atoms with Crippen LogP contribution in [0.4, 0.5) is 0 Å². The third-order valence-corrected chi connectivity index (χ3v) is 2.39. The number of ether oxygens (including phenoxy) is 2. The van der Waals surface area contributed by atoms with Gasteiger partial charge in [0.2, 0.25) is 0 Å². The van der Waals surface area contributed by atoms with Crippen LogP contribution in [0.3, 0.4) is 0 Å². The summed E-state index contributed by atoms with van der Waals surface area (Å²) in [6, 6.07) is 5.46. The van der Waals surface area contributed by atoms with E-state index in [1.54, 1.807) is 12.1 Å². The first kappa shape index (κ1) is 10.3. The SMILES string of the molecule is Cc1cc(Cl)cc(C#N)c1OCC1CO1. The zero-order chi connectivity index (χ0) is 10.8. The molecule has 0 aromatic heterocycles. The molecule has 1 heterocycles. The third-order valence-electron chi connectivity index (χ3n) is 2.18. The quantitative estimate of drug-likeness (QED) is 0.739. The summed E-state index contributed by atoms with van der Waals surface area (Å²) < 4.78 is 10.6. The molecule has 1 aliphatic rings. The van der Waals surface area contributed by atoms with Crippen LogP contribution in [0, 0.1) is 18.3 Å². The summed E-state index contributed by atoms with van der Waals surface area (Å²) in [6.45, 7) is 3.11. The fourth-order valence-corrected chi connectivity index (χ4v) is 1.62. The molecule has 0 bridgehead atoms. The van der Waals surface area contributed by atoms with Crippen LogP contribution in [0.5, 0.6) is 5.75 Å². The van der Waals surface area contributed by atoms with Gasteiger partial charge in [0.15, 0.2) is 0 Å². The van der Waals surface area contributed by atoms with Crippen molar-refractivity contribution in [3.63, 3.8) is 0 Å². The Kier molecular flexibility index (Phi) is 2.81. The van der Waals surface area contributed by atoms with E-state index in [4.69, 9.17) is 26.3 Å². The molecular weight excluding hydrogens is 214 g/mol. The Balaban J connectivity index is 2.22. The van der Waals surface area contributed by atoms with Crippen LogP contribution in [0.2, 0.25) is 5.02 Å². The van der Waals surface area contributed by atoms with Gasteiger partial charge in [-0.1, -0.05) is 11.6 Å². The Morgan fingerprint density at radius 2 is 2.40 bits per heavy atom. The van der Waals surface area contributed by atoms with Crippen LogP contribution in [-0.4, -0.2) is 19.3 Å². The maximum Gasteiger partial charge on any atom is 0.140 e. The number of benzene rings is 1. The lowest BCUT2D eigenvalue weighted by Crippen LogP contribution is -2.06. The molecule has 0 radical (unpaired) electrons. The molecule has 1 fully saturated rings. The van der Waals surface area contributed by atoms with Crippen LogP contribution in [0.15, 0.2) is 12.1 Å². The van der Waals surface area contributed by atoms with E-state index in [-0.39, 0.29) is 6.10 Å². The van der Waals surface area contributed by atoms with E-state index in [9.17, 15) is 0 Å². The van der Waals surface area contributed by atoms with Gasteiger partial charge in [0, 0.05) is 5.02 Å². The summed E-state index contributed by atoms with van der Waals surface area (Å²) in [5, 5.41) is 9.48. The highest BCUT2D eigenvalue weighted by Gasteiger charge is 2.24. The van der Waals surface area contributed by atoms with E-state index in [1.165, 1.54) is 0 Å². The molecule has 1 unspecified atom stereocenters. The van der Waals surface area contributed by atoms with Crippen LogP contribution >= 0.6 is 11.6 Å². The number of hydrogen-bond donors (Lipinski definition) is 0. The summed E-state index contributed by atoms with van der Waals surface area (Å²) in [6.07, 6.45) is 0.187. The minimum atomic E-state index is 0.187. The molecule has 1 aliphatic heterocycles. The zero-order valence-corrected chi connectivity index (χ0v) is 9.04. The average molecular weight is 224 g/mol. The average Bonchev–Trinajstić information content (AvgIpc) is 2.99. The molecule has 4 heteroatoms. The summed E-state index contributed by atoms with van der Waals surface area (Å²) in [4.78, 5) is 0. The number of rotatable bonds is 3. The molecule has 0 N–H and O–H groups in total. The maximum absolute atomic E-state index is 8.93. The predicted molar refractivity (Wildman–Crippen MR) is 56.1 cm³/mol. The van der Waals surface area contributed by atoms with Crippen molar-refractivity contribution in [3.8, 4) is 11.8 Å². The fourth-order valence-electron chi connectivity index (χ4n) is 1.35. The van der Waals surface area contributed by atoms with Crippen molar-refractivity contribution in [2.75, 3.05) is 13.2 Å². The molecule has 3 nitrogen and oxygen atoms in total. The van der Waals surface area contributed by atoms with E-state index in [0.717, 1.165) is 12.2 Å². The van der Waals surface area contributed by atoms with Crippen molar-refractivity contribution in [2.45, 2.75) is 13.0 Å². The monoisotopic (exact) mass is 223 g/mol. The minimum absolute atomic E-state index is 0.187. The highest BCUT2D eigenvalue weighted by atomic mass is 35.5. The third kappa shape index (κ3) is 2.41. The second-order valence-corrected chi connectivity index (χ2v) is 3.91. The standard InChI is InChI=1S/C11H10ClNO2/c1-7-2-9(12)3-8(4-13)11(7)15-6-10-5-14-10/h2-3,10H,5-6H2,1H3. The van der Waals surface area contributed by atoms with Gasteiger partial charge in [-0.25, -0.2) is 0 Å². The smallest absolute Gasteiger partial charge is 0.140 e. The molecule has 1 aromatic rings. The number of nitrogens with zero attached hydrogens (tertiary/aromatic N) is 1. The number of epoxide rings is 1. The van der Waals surface area contributed by atoms with E-state index in [2.05, 4.69) is 6.07 Å². The molecule has 0 aliphatic carbocycles. The number of hydrogen-bond acceptors (Lipinski definition) is 3.